The van der Waals surface area contributed by atoms with Crippen LogP contribution in [0.5, 0.6) is 0 Å². The first kappa shape index (κ1) is 22.9. The summed E-state index contributed by atoms with van der Waals surface area (Å²) in [6.45, 7) is 7.90. The van der Waals surface area contributed by atoms with Crippen molar-refractivity contribution >= 4 is 27.4 Å². The zero-order valence-electron chi connectivity index (χ0n) is 17.8. The van der Waals surface area contributed by atoms with Gasteiger partial charge >= 0.3 is 0 Å². The lowest BCUT2D eigenvalue weighted by Crippen LogP contribution is -2.49. The predicted molar refractivity (Wildman–Crippen MR) is 118 cm³/mol. The van der Waals surface area contributed by atoms with Gasteiger partial charge in [-0.1, -0.05) is 38.4 Å². The molecule has 0 radical (unpaired) electrons. The van der Waals surface area contributed by atoms with Gasteiger partial charge in [-0.15, -0.1) is 0 Å². The number of aryl methyl sites for hydroxylation is 1. The molecule has 2 heterocycles. The molecule has 30 heavy (non-hydrogen) atoms. The number of hydrogen-bond acceptors (Lipinski definition) is 5. The first-order valence-corrected chi connectivity index (χ1v) is 12.4. The lowest BCUT2D eigenvalue weighted by Gasteiger charge is -2.35. The lowest BCUT2D eigenvalue weighted by atomic mass is 10.0. The normalized spacial score (nSPS) is 15.8. The molecule has 0 aliphatic carbocycles. The molecule has 1 aliphatic heterocycles. The summed E-state index contributed by atoms with van der Waals surface area (Å²) in [5, 5.41) is 0.373. The smallest absolute Gasteiger partial charge is 0.211 e. The van der Waals surface area contributed by atoms with Gasteiger partial charge in [-0.25, -0.2) is 22.8 Å². The molecule has 0 amide bonds. The average molecular weight is 455 g/mol. The van der Waals surface area contributed by atoms with Gasteiger partial charge in [0.1, 0.15) is 17.5 Å². The Morgan fingerprint density at radius 1 is 1.13 bits per heavy atom. The molecule has 9 heteroatoms. The van der Waals surface area contributed by atoms with Crippen LogP contribution < -0.4 is 4.90 Å². The van der Waals surface area contributed by atoms with Gasteiger partial charge in [0.25, 0.3) is 0 Å². The van der Waals surface area contributed by atoms with Gasteiger partial charge < -0.3 is 4.90 Å². The number of piperazine rings is 1. The van der Waals surface area contributed by atoms with Crippen molar-refractivity contribution < 1.29 is 12.8 Å². The third kappa shape index (κ3) is 4.92. The quantitative estimate of drug-likeness (QED) is 0.666. The maximum Gasteiger partial charge on any atom is 0.211 e. The number of benzene rings is 1. The average Bonchev–Trinajstić information content (AvgIpc) is 2.69. The third-order valence-corrected chi connectivity index (χ3v) is 7.02. The van der Waals surface area contributed by atoms with Crippen molar-refractivity contribution in [2.45, 2.75) is 39.5 Å². The molecule has 164 valence electrons. The molecule has 1 saturated heterocycles. The van der Waals surface area contributed by atoms with E-state index in [4.69, 9.17) is 21.6 Å². The molecule has 6 nitrogen and oxygen atoms in total. The van der Waals surface area contributed by atoms with Gasteiger partial charge in [0.05, 0.1) is 6.26 Å². The Kier molecular flexibility index (Phi) is 6.99. The van der Waals surface area contributed by atoms with Crippen molar-refractivity contribution in [3.63, 3.8) is 0 Å². The second kappa shape index (κ2) is 9.16. The van der Waals surface area contributed by atoms with E-state index >= 15 is 0 Å². The molecule has 0 unspecified atom stereocenters. The Hall–Kier alpha value is -1.77. The van der Waals surface area contributed by atoms with Crippen LogP contribution in [-0.2, 0) is 22.9 Å². The van der Waals surface area contributed by atoms with E-state index in [1.54, 1.807) is 12.1 Å². The summed E-state index contributed by atoms with van der Waals surface area (Å²) < 4.78 is 39.8. The molecule has 1 fully saturated rings. The topological polar surface area (TPSA) is 66.4 Å². The highest BCUT2D eigenvalue weighted by Gasteiger charge is 2.28. The van der Waals surface area contributed by atoms with E-state index < -0.39 is 10.0 Å². The van der Waals surface area contributed by atoms with Gasteiger partial charge in [-0.2, -0.15) is 4.31 Å². The van der Waals surface area contributed by atoms with Gasteiger partial charge in [0.15, 0.2) is 0 Å². The van der Waals surface area contributed by atoms with Crippen molar-refractivity contribution in [3.05, 3.63) is 51.7 Å². The van der Waals surface area contributed by atoms with E-state index in [0.717, 1.165) is 22.9 Å². The van der Waals surface area contributed by atoms with Crippen molar-refractivity contribution in [2.24, 2.45) is 0 Å². The van der Waals surface area contributed by atoms with Gasteiger partial charge in [0, 0.05) is 60.4 Å². The number of sulfonamides is 1. The Labute approximate surface area is 183 Å². The molecule has 3 rings (SSSR count). The van der Waals surface area contributed by atoms with E-state index in [1.165, 1.54) is 16.6 Å². The number of anilines is 1. The highest BCUT2D eigenvalue weighted by atomic mass is 35.5. The second-order valence-electron chi connectivity index (χ2n) is 7.86. The lowest BCUT2D eigenvalue weighted by molar-refractivity contribution is 0.386. The number of nitrogens with zero attached hydrogens (tertiary/aromatic N) is 4. The Balaban J connectivity index is 2.05. The van der Waals surface area contributed by atoms with E-state index in [2.05, 4.69) is 4.90 Å². The molecule has 0 N–H and O–H groups in total. The molecule has 1 aromatic carbocycles. The monoisotopic (exact) mass is 454 g/mol. The molecular weight excluding hydrogens is 427 g/mol. The Morgan fingerprint density at radius 3 is 2.33 bits per heavy atom. The van der Waals surface area contributed by atoms with Crippen LogP contribution in [0.2, 0.25) is 5.02 Å². The van der Waals surface area contributed by atoms with Crippen molar-refractivity contribution in [1.82, 2.24) is 14.3 Å². The maximum absolute atomic E-state index is 14.5. The fourth-order valence-corrected chi connectivity index (χ4v) is 4.70. The van der Waals surface area contributed by atoms with Crippen LogP contribution in [0, 0.1) is 5.82 Å². The Morgan fingerprint density at radius 2 is 1.80 bits per heavy atom. The van der Waals surface area contributed by atoms with Crippen LogP contribution in [0.25, 0.3) is 0 Å². The first-order valence-electron chi connectivity index (χ1n) is 10.1. The SMILES string of the molecule is CCc1nc(C(C)C)nc(N2CCN(S(C)(=O)=O)CC2)c1Cc1c(F)cccc1Cl. The van der Waals surface area contributed by atoms with E-state index in [9.17, 15) is 12.8 Å². The molecular formula is C21H28ClFN4O2S. The highest BCUT2D eigenvalue weighted by molar-refractivity contribution is 7.88. The predicted octanol–water partition coefficient (Wildman–Crippen LogP) is 3.63. The summed E-state index contributed by atoms with van der Waals surface area (Å²) in [5.74, 6) is 1.26. The second-order valence-corrected chi connectivity index (χ2v) is 10.3. The first-order chi connectivity index (χ1) is 14.1. The zero-order valence-corrected chi connectivity index (χ0v) is 19.4. The summed E-state index contributed by atoms with van der Waals surface area (Å²) in [5.41, 5.74) is 2.14. The zero-order chi connectivity index (χ0) is 22.1. The van der Waals surface area contributed by atoms with Crippen molar-refractivity contribution in [3.8, 4) is 0 Å². The Bertz CT molecular complexity index is 1000. The van der Waals surface area contributed by atoms with Crippen LogP contribution in [0.3, 0.4) is 0 Å². The molecule has 1 aliphatic rings. The summed E-state index contributed by atoms with van der Waals surface area (Å²) in [6, 6.07) is 4.67. The summed E-state index contributed by atoms with van der Waals surface area (Å²) in [6.07, 6.45) is 2.19. The molecule has 1 aromatic heterocycles. The van der Waals surface area contributed by atoms with Crippen molar-refractivity contribution in [1.29, 1.82) is 0 Å². The number of rotatable bonds is 6. The number of halogens is 2. The molecule has 0 saturated carbocycles. The molecule has 0 bridgehead atoms. The van der Waals surface area contributed by atoms with Crippen LogP contribution in [0.4, 0.5) is 10.2 Å². The van der Waals surface area contributed by atoms with Crippen LogP contribution in [-0.4, -0.2) is 55.1 Å². The fraction of sp³-hybridized carbons (Fsp3) is 0.524. The number of hydrogen-bond donors (Lipinski definition) is 0. The molecule has 0 atom stereocenters. The van der Waals surface area contributed by atoms with E-state index in [1.807, 2.05) is 20.8 Å². The summed E-state index contributed by atoms with van der Waals surface area (Å²) >= 11 is 6.30. The maximum atomic E-state index is 14.5. The minimum atomic E-state index is -3.23. The number of aromatic nitrogens is 2. The largest absolute Gasteiger partial charge is 0.354 e. The van der Waals surface area contributed by atoms with Gasteiger partial charge in [-0.05, 0) is 18.6 Å². The van der Waals surface area contributed by atoms with Gasteiger partial charge in [-0.3, -0.25) is 0 Å². The summed E-state index contributed by atoms with van der Waals surface area (Å²) in [4.78, 5) is 11.7. The van der Waals surface area contributed by atoms with Crippen LogP contribution in [0.15, 0.2) is 18.2 Å². The highest BCUT2D eigenvalue weighted by Crippen LogP contribution is 2.31. The summed E-state index contributed by atoms with van der Waals surface area (Å²) in [7, 11) is -3.23. The van der Waals surface area contributed by atoms with Crippen LogP contribution in [0.1, 0.15) is 49.3 Å². The van der Waals surface area contributed by atoms with Gasteiger partial charge in [0.2, 0.25) is 10.0 Å². The van der Waals surface area contributed by atoms with E-state index in [0.29, 0.717) is 43.2 Å². The minimum Gasteiger partial charge on any atom is -0.354 e. The molecule has 0 spiro atoms. The van der Waals surface area contributed by atoms with Crippen molar-refractivity contribution in [2.75, 3.05) is 37.3 Å². The third-order valence-electron chi connectivity index (χ3n) is 5.36. The fourth-order valence-electron chi connectivity index (χ4n) is 3.64. The standard InChI is InChI=1S/C21H28ClFN4O2S/c1-5-19-16(13-15-17(22)7-6-8-18(15)23)21(25-20(24-19)14(2)3)26-9-11-27(12-10-26)30(4,28)29/h6-8,14H,5,9-13H2,1-4H3. The molecule has 2 aromatic rings. The van der Waals surface area contributed by atoms with Crippen LogP contribution >= 0.6 is 11.6 Å². The minimum absolute atomic E-state index is 0.137. The van der Waals surface area contributed by atoms with E-state index in [-0.39, 0.29) is 18.2 Å².